The lowest BCUT2D eigenvalue weighted by Gasteiger charge is -2.10. The summed E-state index contributed by atoms with van der Waals surface area (Å²) in [5, 5.41) is 13.3. The number of benzene rings is 1. The fourth-order valence-corrected chi connectivity index (χ4v) is 3.92. The van der Waals surface area contributed by atoms with E-state index in [2.05, 4.69) is 15.5 Å². The molecule has 3 aromatic rings. The van der Waals surface area contributed by atoms with Gasteiger partial charge in [-0.2, -0.15) is 0 Å². The number of methoxy groups -OCH3 is 1. The number of aryl methyl sites for hydroxylation is 1. The van der Waals surface area contributed by atoms with E-state index in [1.807, 2.05) is 35.8 Å². The van der Waals surface area contributed by atoms with E-state index >= 15 is 0 Å². The minimum absolute atomic E-state index is 0.0655. The minimum Gasteiger partial charge on any atom is -0.383 e. The number of thiophene rings is 1. The zero-order chi connectivity index (χ0) is 19.9. The van der Waals surface area contributed by atoms with E-state index in [-0.39, 0.29) is 17.6 Å². The molecule has 28 heavy (non-hydrogen) atoms. The Morgan fingerprint density at radius 3 is 2.82 bits per heavy atom. The molecular weight excluding hydrogens is 396 g/mol. The summed E-state index contributed by atoms with van der Waals surface area (Å²) in [7, 11) is 1.63. The molecule has 146 valence electrons. The number of carbonyl (C=O) groups excluding carboxylic acids is 2. The van der Waals surface area contributed by atoms with E-state index in [9.17, 15) is 9.59 Å². The van der Waals surface area contributed by atoms with Gasteiger partial charge in [0.05, 0.1) is 23.8 Å². The van der Waals surface area contributed by atoms with Crippen molar-refractivity contribution in [1.82, 2.24) is 20.1 Å². The van der Waals surface area contributed by atoms with E-state index in [0.29, 0.717) is 23.2 Å². The third-order valence-electron chi connectivity index (χ3n) is 3.84. The highest BCUT2D eigenvalue weighted by Gasteiger charge is 2.17. The third kappa shape index (κ3) is 5.06. The molecule has 7 nitrogen and oxygen atoms in total. The Bertz CT molecular complexity index is 954. The van der Waals surface area contributed by atoms with Crippen LogP contribution in [0, 0.1) is 6.92 Å². The van der Waals surface area contributed by atoms with Crippen molar-refractivity contribution in [2.45, 2.75) is 18.6 Å². The van der Waals surface area contributed by atoms with E-state index in [1.54, 1.807) is 24.6 Å². The molecule has 1 N–H and O–H groups in total. The van der Waals surface area contributed by atoms with Gasteiger partial charge in [0.25, 0.3) is 5.91 Å². The van der Waals surface area contributed by atoms with Crippen LogP contribution in [0.3, 0.4) is 0 Å². The Balaban J connectivity index is 1.70. The van der Waals surface area contributed by atoms with Crippen LogP contribution in [-0.2, 0) is 16.1 Å². The van der Waals surface area contributed by atoms with Crippen LogP contribution in [0.4, 0.5) is 0 Å². The average Bonchev–Trinajstić information content (AvgIpc) is 3.34. The molecule has 2 aromatic heterocycles. The van der Waals surface area contributed by atoms with Crippen molar-refractivity contribution in [3.63, 3.8) is 0 Å². The van der Waals surface area contributed by atoms with Gasteiger partial charge in [-0.3, -0.25) is 19.5 Å². The third-order valence-corrected chi connectivity index (χ3v) is 5.68. The highest BCUT2D eigenvalue weighted by atomic mass is 32.2. The largest absolute Gasteiger partial charge is 0.383 e. The molecule has 0 saturated heterocycles. The first-order valence-electron chi connectivity index (χ1n) is 8.58. The molecule has 2 amide bonds. The second-order valence-electron chi connectivity index (χ2n) is 5.96. The Kier molecular flexibility index (Phi) is 6.96. The number of imide groups is 1. The fraction of sp³-hybridized carbons (Fsp3) is 0.263. The van der Waals surface area contributed by atoms with Crippen molar-refractivity contribution in [2.24, 2.45) is 0 Å². The second-order valence-corrected chi connectivity index (χ2v) is 7.85. The van der Waals surface area contributed by atoms with Crippen molar-refractivity contribution >= 4 is 34.9 Å². The number of hydrogen-bond donors (Lipinski definition) is 1. The van der Waals surface area contributed by atoms with Crippen molar-refractivity contribution in [2.75, 3.05) is 19.5 Å². The van der Waals surface area contributed by atoms with Crippen LogP contribution >= 0.6 is 23.1 Å². The molecule has 3 rings (SSSR count). The summed E-state index contributed by atoms with van der Waals surface area (Å²) in [6.45, 7) is 3.07. The predicted molar refractivity (Wildman–Crippen MR) is 110 cm³/mol. The maximum atomic E-state index is 12.1. The van der Waals surface area contributed by atoms with Gasteiger partial charge in [-0.25, -0.2) is 0 Å². The molecule has 0 saturated carbocycles. The zero-order valence-corrected chi connectivity index (χ0v) is 17.2. The van der Waals surface area contributed by atoms with Gasteiger partial charge in [0, 0.05) is 12.7 Å². The average molecular weight is 417 g/mol. The van der Waals surface area contributed by atoms with Crippen molar-refractivity contribution in [3.8, 4) is 11.4 Å². The van der Waals surface area contributed by atoms with Gasteiger partial charge in [-0.1, -0.05) is 41.6 Å². The monoisotopic (exact) mass is 416 g/mol. The number of thioether (sulfide) groups is 1. The number of carbonyl (C=O) groups is 2. The Morgan fingerprint density at radius 2 is 2.11 bits per heavy atom. The lowest BCUT2D eigenvalue weighted by atomic mass is 10.1. The SMILES string of the molecule is COCCn1c(SCC(=O)NC(=O)c2cccs2)nnc1-c1cccc(C)c1. The van der Waals surface area contributed by atoms with Crippen molar-refractivity contribution in [3.05, 3.63) is 52.2 Å². The van der Waals surface area contributed by atoms with Gasteiger partial charge in [-0.05, 0) is 24.4 Å². The fourth-order valence-electron chi connectivity index (χ4n) is 2.54. The summed E-state index contributed by atoms with van der Waals surface area (Å²) in [6, 6.07) is 11.4. The summed E-state index contributed by atoms with van der Waals surface area (Å²) < 4.78 is 7.12. The number of nitrogens with one attached hydrogen (secondary N) is 1. The van der Waals surface area contributed by atoms with Crippen molar-refractivity contribution < 1.29 is 14.3 Å². The van der Waals surface area contributed by atoms with Gasteiger partial charge >= 0.3 is 0 Å². The highest BCUT2D eigenvalue weighted by molar-refractivity contribution is 7.99. The first-order valence-corrected chi connectivity index (χ1v) is 10.4. The molecule has 2 heterocycles. The topological polar surface area (TPSA) is 86.1 Å². The molecule has 0 atom stereocenters. The van der Waals surface area contributed by atoms with Gasteiger partial charge < -0.3 is 4.74 Å². The normalized spacial score (nSPS) is 10.8. The van der Waals surface area contributed by atoms with E-state index in [0.717, 1.165) is 17.0 Å². The van der Waals surface area contributed by atoms with Crippen LogP contribution in [0.5, 0.6) is 0 Å². The van der Waals surface area contributed by atoms with Gasteiger partial charge in [0.15, 0.2) is 11.0 Å². The number of ether oxygens (including phenoxy) is 1. The lowest BCUT2D eigenvalue weighted by Crippen LogP contribution is -2.31. The summed E-state index contributed by atoms with van der Waals surface area (Å²) >= 11 is 2.53. The molecular formula is C19H20N4O3S2. The summed E-state index contributed by atoms with van der Waals surface area (Å²) in [4.78, 5) is 24.6. The summed E-state index contributed by atoms with van der Waals surface area (Å²) in [6.07, 6.45) is 0. The molecule has 0 bridgehead atoms. The molecule has 0 aliphatic rings. The van der Waals surface area contributed by atoms with Crippen LogP contribution in [0.2, 0.25) is 0 Å². The van der Waals surface area contributed by atoms with Gasteiger partial charge in [0.2, 0.25) is 5.91 Å². The van der Waals surface area contributed by atoms with E-state index < -0.39 is 0 Å². The molecule has 0 radical (unpaired) electrons. The summed E-state index contributed by atoms with van der Waals surface area (Å²) in [5.74, 6) is 0.0257. The minimum atomic E-state index is -0.387. The maximum Gasteiger partial charge on any atom is 0.267 e. The number of hydrogen-bond acceptors (Lipinski definition) is 7. The molecule has 0 fully saturated rings. The maximum absolute atomic E-state index is 12.1. The standard InChI is InChI=1S/C19H20N4O3S2/c1-13-5-3-6-14(11-13)17-21-22-19(23(17)8-9-26-2)28-12-16(24)20-18(25)15-7-4-10-27-15/h3-7,10-11H,8-9,12H2,1-2H3,(H,20,24,25). The van der Waals surface area contributed by atoms with Crippen molar-refractivity contribution in [1.29, 1.82) is 0 Å². The van der Waals surface area contributed by atoms with Crippen LogP contribution in [0.1, 0.15) is 15.2 Å². The molecule has 1 aromatic carbocycles. The van der Waals surface area contributed by atoms with E-state index in [4.69, 9.17) is 4.74 Å². The van der Waals surface area contributed by atoms with Gasteiger partial charge in [0.1, 0.15) is 0 Å². The smallest absolute Gasteiger partial charge is 0.267 e. The molecule has 0 spiro atoms. The van der Waals surface area contributed by atoms with Crippen LogP contribution in [-0.4, -0.2) is 46.0 Å². The zero-order valence-electron chi connectivity index (χ0n) is 15.5. The number of amides is 2. The number of rotatable bonds is 8. The highest BCUT2D eigenvalue weighted by Crippen LogP contribution is 2.24. The molecule has 0 unspecified atom stereocenters. The molecule has 9 heteroatoms. The van der Waals surface area contributed by atoms with Crippen LogP contribution in [0.15, 0.2) is 46.9 Å². The lowest BCUT2D eigenvalue weighted by molar-refractivity contribution is -0.117. The Morgan fingerprint density at radius 1 is 1.25 bits per heavy atom. The summed E-state index contributed by atoms with van der Waals surface area (Å²) in [5.41, 5.74) is 2.08. The number of aromatic nitrogens is 3. The number of nitrogens with zero attached hydrogens (tertiary/aromatic N) is 3. The Hall–Kier alpha value is -2.49. The Labute approximate surface area is 171 Å². The first kappa shape index (κ1) is 20.2. The van der Waals surface area contributed by atoms with Crippen LogP contribution in [0.25, 0.3) is 11.4 Å². The second kappa shape index (κ2) is 9.63. The van der Waals surface area contributed by atoms with Crippen LogP contribution < -0.4 is 5.32 Å². The molecule has 0 aliphatic carbocycles. The van der Waals surface area contributed by atoms with E-state index in [1.165, 1.54) is 23.1 Å². The van der Waals surface area contributed by atoms with Gasteiger partial charge in [-0.15, -0.1) is 21.5 Å². The predicted octanol–water partition coefficient (Wildman–Crippen LogP) is 3.01. The molecule has 0 aliphatic heterocycles. The quantitative estimate of drug-likeness (QED) is 0.568. The first-order chi connectivity index (χ1) is 13.6.